The molecule has 0 aliphatic rings. The molecule has 0 aromatic rings. The van der Waals surface area contributed by atoms with E-state index in [1.165, 1.54) is 0 Å². The molecule has 0 amide bonds. The van der Waals surface area contributed by atoms with Crippen LogP contribution >= 0.6 is 12.3 Å². The van der Waals surface area contributed by atoms with Crippen molar-refractivity contribution in [2.75, 3.05) is 0 Å². The first-order valence-corrected chi connectivity index (χ1v) is 1.38. The van der Waals surface area contributed by atoms with E-state index in [2.05, 4.69) is 0 Å². The van der Waals surface area contributed by atoms with Gasteiger partial charge in [-0.1, -0.05) is 0 Å². The zero-order chi connectivity index (χ0) is 4.71. The Labute approximate surface area is 45.0 Å². The Morgan fingerprint density at radius 3 is 1.14 bits per heavy atom. The van der Waals surface area contributed by atoms with Gasteiger partial charge in [-0.15, -0.1) is 0 Å². The predicted molar refractivity (Wildman–Crippen MR) is 27.2 cm³/mol. The molecule has 7 heavy (non-hydrogen) atoms. The lowest BCUT2D eigenvalue weighted by Gasteiger charge is -1.51. The Kier molecular flexibility index (Phi) is 770. The van der Waals surface area contributed by atoms with E-state index in [-0.39, 0.29) is 23.3 Å². The van der Waals surface area contributed by atoms with Crippen molar-refractivity contribution < 1.29 is 24.9 Å². The van der Waals surface area contributed by atoms with Crippen molar-refractivity contribution in [3.63, 3.8) is 0 Å². The maximum absolute atomic E-state index is 8.00. The summed E-state index contributed by atoms with van der Waals surface area (Å²) in [6.07, 6.45) is 0. The highest BCUT2D eigenvalue weighted by Gasteiger charge is 1.36. The van der Waals surface area contributed by atoms with Crippen molar-refractivity contribution in [3.8, 4) is 0 Å². The molecule has 0 aliphatic carbocycles. The van der Waals surface area contributed by atoms with Crippen molar-refractivity contribution in [3.05, 3.63) is 0 Å². The Morgan fingerprint density at radius 1 is 1.14 bits per heavy atom. The summed E-state index contributed by atoms with van der Waals surface area (Å²) in [7, 11) is 0. The van der Waals surface area contributed by atoms with Crippen LogP contribution in [0.2, 0.25) is 0 Å². The largest absolute Gasteiger partial charge is 0.412 e. The average molecular weight is 132 g/mol. The first-order valence-electron chi connectivity index (χ1n) is 0.654. The van der Waals surface area contributed by atoms with Gasteiger partial charge in [0.05, 0.1) is 0 Å². The monoisotopic (exact) mass is 132 g/mol. The molecule has 6 N–H and O–H groups in total. The van der Waals surface area contributed by atoms with Gasteiger partial charge in [-0.25, -0.2) is 0 Å². The van der Waals surface area contributed by atoms with Crippen LogP contribution in [-0.4, -0.2) is 26.8 Å². The van der Waals surface area contributed by atoms with Crippen molar-refractivity contribution in [1.29, 1.82) is 0 Å². The van der Waals surface area contributed by atoms with Crippen LogP contribution in [0.3, 0.4) is 0 Å². The first-order chi connectivity index (χ1) is 2.41. The van der Waals surface area contributed by atoms with Gasteiger partial charge in [0.2, 0.25) is 0 Å². The topological polar surface area (TPSA) is 121 Å². The molecular weight excluding hydrogens is 124 g/mol. The Balaban J connectivity index is -0.0000000105. The summed E-state index contributed by atoms with van der Waals surface area (Å²) in [4.78, 5) is 8.00. The van der Waals surface area contributed by atoms with Crippen LogP contribution < -0.4 is 0 Å². The minimum Gasteiger partial charge on any atom is -0.412 e. The predicted octanol–water partition coefficient (Wildman–Crippen LogP) is -1.17. The van der Waals surface area contributed by atoms with Gasteiger partial charge < -0.3 is 24.9 Å². The first kappa shape index (κ1) is 28.8. The normalized spacial score (nSPS) is 3.14. The summed E-state index contributed by atoms with van der Waals surface area (Å²) < 4.78 is 14.1. The summed E-state index contributed by atoms with van der Waals surface area (Å²) in [5, 5.41) is 0. The molecule has 5 nitrogen and oxygen atoms in total. The minimum atomic E-state index is -0.250. The lowest BCUT2D eigenvalue weighted by molar-refractivity contribution is -0.0979. The second-order valence-electron chi connectivity index (χ2n) is 0.0816. The summed E-state index contributed by atoms with van der Waals surface area (Å²) in [6, 6.07) is 0. The van der Waals surface area contributed by atoms with Crippen LogP contribution in [0.25, 0.3) is 0 Å². The van der Waals surface area contributed by atoms with Gasteiger partial charge in [0.1, 0.15) is 6.79 Å². The molecule has 0 bridgehead atoms. The molecule has 0 radical (unpaired) electrons. The van der Waals surface area contributed by atoms with Gasteiger partial charge in [0.15, 0.2) is 12.3 Å². The molecule has 0 fully saturated rings. The second kappa shape index (κ2) is 187. The van der Waals surface area contributed by atoms with Crippen LogP contribution in [-0.2, 0) is 4.79 Å². The Hall–Kier alpha value is -0.140. The zero-order valence-electron chi connectivity index (χ0n) is 3.42. The lowest BCUT2D eigenvalue weighted by atomic mass is 11.9. The number of rotatable bonds is 0. The van der Waals surface area contributed by atoms with Crippen LogP contribution in [0.4, 0.5) is 0 Å². The van der Waals surface area contributed by atoms with E-state index in [1.54, 1.807) is 0 Å². The molecular formula is CH8O5S. The van der Waals surface area contributed by atoms with Crippen molar-refractivity contribution in [1.82, 2.24) is 0 Å². The molecule has 0 aromatic heterocycles. The molecule has 0 heterocycles. The van der Waals surface area contributed by atoms with E-state index in [9.17, 15) is 0 Å². The molecule has 0 saturated carbocycles. The number of hydrogen-bond acceptors (Lipinski definition) is 4. The van der Waals surface area contributed by atoms with Gasteiger partial charge in [0, 0.05) is 0 Å². The van der Waals surface area contributed by atoms with Crippen LogP contribution in [0, 0.1) is 0 Å². The third-order valence-electron chi connectivity index (χ3n) is 0. The second-order valence-corrected chi connectivity index (χ2v) is 0.245. The number of carbonyl (C=O) groups is 1. The van der Waals surface area contributed by atoms with E-state index < -0.39 is 0 Å². The van der Waals surface area contributed by atoms with Gasteiger partial charge in [-0.2, -0.15) is 0 Å². The fourth-order valence-corrected chi connectivity index (χ4v) is 0. The van der Waals surface area contributed by atoms with E-state index in [0.717, 1.165) is 0 Å². The standard InChI is InChI=1S/CH2O.H2O2S.2H2O/c1-2;1-3-2;;/h1H2;1-2H;2*1H2. The van der Waals surface area contributed by atoms with Crippen LogP contribution in [0.5, 0.6) is 0 Å². The lowest BCUT2D eigenvalue weighted by Crippen LogP contribution is -1.31. The van der Waals surface area contributed by atoms with Gasteiger partial charge >= 0.3 is 0 Å². The van der Waals surface area contributed by atoms with Gasteiger partial charge in [-0.05, 0) is 0 Å². The molecule has 0 saturated heterocycles. The van der Waals surface area contributed by atoms with E-state index in [4.69, 9.17) is 13.9 Å². The van der Waals surface area contributed by atoms with E-state index >= 15 is 0 Å². The molecule has 0 aromatic carbocycles. The maximum Gasteiger partial charge on any atom is 0.152 e. The van der Waals surface area contributed by atoms with Crippen LogP contribution in [0.1, 0.15) is 0 Å². The molecule has 0 aliphatic heterocycles. The van der Waals surface area contributed by atoms with Gasteiger partial charge in [-0.3, -0.25) is 0 Å². The summed E-state index contributed by atoms with van der Waals surface area (Å²) in [6.45, 7) is 2.00. The Morgan fingerprint density at radius 2 is 1.14 bits per heavy atom. The Bertz CT molecular complexity index is 12.0. The molecule has 0 unspecified atom stereocenters. The highest BCUT2D eigenvalue weighted by Crippen LogP contribution is 1.67. The van der Waals surface area contributed by atoms with Crippen LogP contribution in [0.15, 0.2) is 0 Å². The number of hydrogen-bond donors (Lipinski definition) is 2. The minimum absolute atomic E-state index is 0. The SMILES string of the molecule is C=O.O.O.OSO. The third-order valence-corrected chi connectivity index (χ3v) is 0. The zero-order valence-corrected chi connectivity index (χ0v) is 4.23. The maximum atomic E-state index is 8.00. The summed E-state index contributed by atoms with van der Waals surface area (Å²) in [5.41, 5.74) is 0. The number of carbonyl (C=O) groups excluding carboxylic acids is 1. The van der Waals surface area contributed by atoms with Crippen molar-refractivity contribution in [2.24, 2.45) is 0 Å². The van der Waals surface area contributed by atoms with Gasteiger partial charge in [0.25, 0.3) is 0 Å². The molecule has 48 valence electrons. The van der Waals surface area contributed by atoms with E-state index in [1.807, 2.05) is 6.79 Å². The third kappa shape index (κ3) is 4450. The van der Waals surface area contributed by atoms with Crippen molar-refractivity contribution in [2.45, 2.75) is 0 Å². The van der Waals surface area contributed by atoms with E-state index in [0.29, 0.717) is 0 Å². The summed E-state index contributed by atoms with van der Waals surface area (Å²) in [5.74, 6) is 0. The molecule has 0 spiro atoms. The summed E-state index contributed by atoms with van der Waals surface area (Å²) >= 11 is -0.250. The molecule has 6 heteroatoms. The fraction of sp³-hybridized carbons (Fsp3) is 0. The highest BCUT2D eigenvalue weighted by atomic mass is 32.2. The quantitative estimate of drug-likeness (QED) is 0.403. The highest BCUT2D eigenvalue weighted by molar-refractivity contribution is 7.87. The molecule has 0 atom stereocenters. The average Bonchev–Trinajstić information content (AvgIpc) is 1.46. The fourth-order valence-electron chi connectivity index (χ4n) is 0. The van der Waals surface area contributed by atoms with Crippen molar-refractivity contribution >= 4 is 19.1 Å². The molecule has 0 rings (SSSR count). The smallest absolute Gasteiger partial charge is 0.152 e.